The van der Waals surface area contributed by atoms with Crippen molar-refractivity contribution in [3.05, 3.63) is 12.4 Å². The van der Waals surface area contributed by atoms with E-state index in [1.54, 1.807) is 10.9 Å². The van der Waals surface area contributed by atoms with E-state index in [9.17, 15) is 8.76 Å². The number of rotatable bonds is 4. The van der Waals surface area contributed by atoms with Crippen LogP contribution in [0.3, 0.4) is 0 Å². The molecule has 1 aromatic rings. The number of aromatic nitrogens is 2. The number of halogens is 2. The van der Waals surface area contributed by atoms with Gasteiger partial charge in [-0.25, -0.2) is 0 Å². The van der Waals surface area contributed by atoms with Gasteiger partial charge in [-0.3, -0.25) is 8.89 Å². The number of nitrogen functional groups attached to an aromatic ring is 1. The molecule has 0 saturated carbocycles. The van der Waals surface area contributed by atoms with Crippen molar-refractivity contribution in [3.8, 4) is 0 Å². The van der Waals surface area contributed by atoms with Gasteiger partial charge in [0.05, 0.1) is 11.9 Å². The van der Waals surface area contributed by atoms with Gasteiger partial charge in [-0.05, 0) is 6.42 Å². The van der Waals surface area contributed by atoms with Crippen molar-refractivity contribution in [1.29, 1.82) is 0 Å². The topological polar surface area (TPSA) is 84.0 Å². The molecule has 0 aromatic carbocycles. The molecule has 1 rings (SSSR count). The second-order valence-corrected chi connectivity index (χ2v) is 3.41. The van der Waals surface area contributed by atoms with Crippen LogP contribution in [0, 0.1) is 0 Å². The Morgan fingerprint density at radius 2 is 2.21 bits per heavy atom. The highest BCUT2D eigenvalue weighted by Gasteiger charge is 1.93. The van der Waals surface area contributed by atoms with E-state index in [0.717, 1.165) is 0 Å². The van der Waals surface area contributed by atoms with Gasteiger partial charge in [-0.15, -0.1) is 24.8 Å². The summed E-state index contributed by atoms with van der Waals surface area (Å²) in [5, 5.41) is 3.90. The number of hydrogen-bond acceptors (Lipinski definition) is 4. The van der Waals surface area contributed by atoms with Gasteiger partial charge in [0, 0.05) is 18.5 Å². The normalized spacial score (nSPS) is 11.2. The number of hydrogen-bond donors (Lipinski definition) is 1. The third-order valence-corrected chi connectivity index (χ3v) is 1.97. The van der Waals surface area contributed by atoms with Crippen LogP contribution in [-0.2, 0) is 17.6 Å². The fourth-order valence-corrected chi connectivity index (χ4v) is 1.21. The minimum absolute atomic E-state index is 0. The monoisotopic (exact) mass is 260 g/mol. The van der Waals surface area contributed by atoms with E-state index in [2.05, 4.69) is 5.10 Å². The highest BCUT2D eigenvalue weighted by molar-refractivity contribution is 7.79. The number of nitrogens with two attached hydrogens (primary N) is 1. The first kappa shape index (κ1) is 16.1. The molecular weight excluding hydrogens is 249 g/mol. The molecule has 0 spiro atoms. The fourth-order valence-electron chi connectivity index (χ4n) is 0.846. The molecule has 0 amide bonds. The van der Waals surface area contributed by atoms with Crippen molar-refractivity contribution in [2.24, 2.45) is 0 Å². The van der Waals surface area contributed by atoms with E-state index in [1.165, 1.54) is 6.20 Å². The molecule has 2 N–H and O–H groups in total. The molecule has 1 heterocycles. The molecule has 0 bridgehead atoms. The van der Waals surface area contributed by atoms with Gasteiger partial charge in [0.1, 0.15) is 0 Å². The van der Waals surface area contributed by atoms with Crippen molar-refractivity contribution in [3.63, 3.8) is 0 Å². The molecule has 1 unspecified atom stereocenters. The summed E-state index contributed by atoms with van der Waals surface area (Å²) >= 11 is -1.95. The summed E-state index contributed by atoms with van der Waals surface area (Å²) in [6.07, 6.45) is 3.78. The average Bonchev–Trinajstić information content (AvgIpc) is 2.35. The van der Waals surface area contributed by atoms with Gasteiger partial charge >= 0.3 is 0 Å². The summed E-state index contributed by atoms with van der Waals surface area (Å²) in [7, 11) is 0. The second kappa shape index (κ2) is 8.05. The molecule has 84 valence electrons. The first-order valence-corrected chi connectivity index (χ1v) is 4.76. The Bertz CT molecular complexity index is 282. The minimum Gasteiger partial charge on any atom is -0.772 e. The number of anilines is 1. The standard InChI is InChI=1S/C6H11N3O2S.2ClH/c7-6-4-8-9(5-6)2-1-3-12(10)11;;/h4-5H,1-3,7H2,(H,10,11);2*1H/p-1. The van der Waals surface area contributed by atoms with E-state index in [0.29, 0.717) is 18.7 Å². The number of nitrogens with zero attached hydrogens (tertiary/aromatic N) is 2. The Hall–Kier alpha value is -0.300. The quantitative estimate of drug-likeness (QED) is 0.803. The Morgan fingerprint density at radius 3 is 2.64 bits per heavy atom. The second-order valence-electron chi connectivity index (χ2n) is 2.40. The van der Waals surface area contributed by atoms with Crippen LogP contribution in [0.5, 0.6) is 0 Å². The van der Waals surface area contributed by atoms with Crippen molar-refractivity contribution >= 4 is 41.6 Å². The molecule has 0 radical (unpaired) electrons. The van der Waals surface area contributed by atoms with Crippen LogP contribution >= 0.6 is 24.8 Å². The fraction of sp³-hybridized carbons (Fsp3) is 0.500. The average molecular weight is 261 g/mol. The molecule has 8 heteroatoms. The highest BCUT2D eigenvalue weighted by atomic mass is 35.5. The largest absolute Gasteiger partial charge is 0.772 e. The third-order valence-electron chi connectivity index (χ3n) is 1.35. The van der Waals surface area contributed by atoms with Crippen molar-refractivity contribution in [2.45, 2.75) is 13.0 Å². The molecule has 0 saturated heterocycles. The lowest BCUT2D eigenvalue weighted by Crippen LogP contribution is -2.03. The van der Waals surface area contributed by atoms with Gasteiger partial charge in [0.15, 0.2) is 0 Å². The molecule has 0 fully saturated rings. The van der Waals surface area contributed by atoms with Crippen LogP contribution in [0.2, 0.25) is 0 Å². The molecular formula is C6H12Cl2N3O2S-. The van der Waals surface area contributed by atoms with Crippen molar-refractivity contribution in [1.82, 2.24) is 9.78 Å². The lowest BCUT2D eigenvalue weighted by Gasteiger charge is -2.03. The summed E-state index contributed by atoms with van der Waals surface area (Å²) in [6.45, 7) is 0.588. The predicted molar refractivity (Wildman–Crippen MR) is 59.5 cm³/mol. The molecule has 1 atom stereocenters. The van der Waals surface area contributed by atoms with Gasteiger partial charge < -0.3 is 10.3 Å². The molecule has 5 nitrogen and oxygen atoms in total. The van der Waals surface area contributed by atoms with E-state index in [1.807, 2.05) is 0 Å². The summed E-state index contributed by atoms with van der Waals surface area (Å²) < 4.78 is 21.9. The Labute approximate surface area is 97.2 Å². The first-order chi connectivity index (χ1) is 5.68. The molecule has 0 aliphatic heterocycles. The van der Waals surface area contributed by atoms with Gasteiger partial charge in [0.2, 0.25) is 0 Å². The predicted octanol–water partition coefficient (Wildman–Crippen LogP) is 0.578. The lowest BCUT2D eigenvalue weighted by molar-refractivity contribution is 0.527. The van der Waals surface area contributed by atoms with E-state index in [4.69, 9.17) is 5.73 Å². The van der Waals surface area contributed by atoms with Crippen LogP contribution in [0.25, 0.3) is 0 Å². The zero-order chi connectivity index (χ0) is 8.97. The summed E-state index contributed by atoms with van der Waals surface area (Å²) in [6, 6.07) is 0. The van der Waals surface area contributed by atoms with Crippen LogP contribution < -0.4 is 5.73 Å². The zero-order valence-electron chi connectivity index (χ0n) is 7.29. The molecule has 0 aliphatic rings. The Kier molecular flexibility index (Phi) is 9.28. The van der Waals surface area contributed by atoms with Gasteiger partial charge in [-0.1, -0.05) is 11.1 Å². The summed E-state index contributed by atoms with van der Waals surface area (Å²) in [4.78, 5) is 0. The van der Waals surface area contributed by atoms with E-state index in [-0.39, 0.29) is 30.6 Å². The van der Waals surface area contributed by atoms with Crippen molar-refractivity contribution < 1.29 is 8.76 Å². The van der Waals surface area contributed by atoms with Gasteiger partial charge in [-0.2, -0.15) is 5.10 Å². The smallest absolute Gasteiger partial charge is 0.0719 e. The minimum atomic E-state index is -1.95. The van der Waals surface area contributed by atoms with Gasteiger partial charge in [0.25, 0.3) is 0 Å². The number of aryl methyl sites for hydroxylation is 1. The Balaban J connectivity index is 0. The van der Waals surface area contributed by atoms with E-state index < -0.39 is 11.1 Å². The maximum Gasteiger partial charge on any atom is 0.0719 e. The van der Waals surface area contributed by atoms with Crippen LogP contribution in [0.15, 0.2) is 12.4 Å². The molecule has 1 aromatic heterocycles. The maximum absolute atomic E-state index is 10.1. The van der Waals surface area contributed by atoms with Crippen LogP contribution in [0.4, 0.5) is 5.69 Å². The van der Waals surface area contributed by atoms with Crippen LogP contribution in [-0.4, -0.2) is 24.3 Å². The van der Waals surface area contributed by atoms with E-state index >= 15 is 0 Å². The van der Waals surface area contributed by atoms with Crippen molar-refractivity contribution in [2.75, 3.05) is 11.5 Å². The third kappa shape index (κ3) is 6.20. The molecule has 0 aliphatic carbocycles. The first-order valence-electron chi connectivity index (χ1n) is 3.52. The van der Waals surface area contributed by atoms with Crippen LogP contribution in [0.1, 0.15) is 6.42 Å². The SMILES string of the molecule is Cl.Cl.Nc1cnn(CCCS(=O)[O-])c1. The lowest BCUT2D eigenvalue weighted by atomic mass is 10.5. The summed E-state index contributed by atoms with van der Waals surface area (Å²) in [5.41, 5.74) is 6.00. The highest BCUT2D eigenvalue weighted by Crippen LogP contribution is 1.98. The Morgan fingerprint density at radius 1 is 1.57 bits per heavy atom. The zero-order valence-corrected chi connectivity index (χ0v) is 9.74. The molecule has 14 heavy (non-hydrogen) atoms. The summed E-state index contributed by atoms with van der Waals surface area (Å²) in [5.74, 6) is 0.166. The maximum atomic E-state index is 10.1.